The lowest BCUT2D eigenvalue weighted by Gasteiger charge is -2.26. The Labute approximate surface area is 129 Å². The molecule has 3 N–H and O–H groups in total. The van der Waals surface area contributed by atoms with Gasteiger partial charge in [0, 0.05) is 5.56 Å². The van der Waals surface area contributed by atoms with E-state index in [-0.39, 0.29) is 23.5 Å². The Hall–Kier alpha value is -2.20. The van der Waals surface area contributed by atoms with Crippen molar-refractivity contribution in [1.29, 1.82) is 0 Å². The number of hydrogen-bond donors (Lipinski definition) is 3. The highest BCUT2D eigenvalue weighted by molar-refractivity contribution is 5.51. The van der Waals surface area contributed by atoms with E-state index in [4.69, 9.17) is 4.74 Å². The zero-order valence-electron chi connectivity index (χ0n) is 12.3. The van der Waals surface area contributed by atoms with Crippen molar-refractivity contribution in [2.24, 2.45) is 0 Å². The fourth-order valence-corrected chi connectivity index (χ4v) is 3.00. The largest absolute Gasteiger partial charge is 0.504 e. The van der Waals surface area contributed by atoms with Crippen LogP contribution in [0.3, 0.4) is 0 Å². The summed E-state index contributed by atoms with van der Waals surface area (Å²) in [5.74, 6) is 1.04. The van der Waals surface area contributed by atoms with Gasteiger partial charge in [-0.2, -0.15) is 0 Å². The molecule has 4 heteroatoms. The topological polar surface area (TPSA) is 69.9 Å². The van der Waals surface area contributed by atoms with Crippen molar-refractivity contribution in [3.05, 3.63) is 48.0 Å². The van der Waals surface area contributed by atoms with Gasteiger partial charge in [0.05, 0.1) is 6.10 Å². The first-order chi connectivity index (χ1) is 10.6. The van der Waals surface area contributed by atoms with Crippen molar-refractivity contribution in [2.45, 2.75) is 37.7 Å². The van der Waals surface area contributed by atoms with Crippen LogP contribution in [0.4, 0.5) is 0 Å². The minimum atomic E-state index is -0.223. The summed E-state index contributed by atoms with van der Waals surface area (Å²) in [5, 5.41) is 29.9. The minimum Gasteiger partial charge on any atom is -0.504 e. The molecule has 0 heterocycles. The summed E-state index contributed by atoms with van der Waals surface area (Å²) in [7, 11) is 0. The molecule has 0 unspecified atom stereocenters. The zero-order valence-corrected chi connectivity index (χ0v) is 12.3. The number of phenols is 2. The highest BCUT2D eigenvalue weighted by Gasteiger charge is 2.24. The van der Waals surface area contributed by atoms with E-state index in [1.54, 1.807) is 30.3 Å². The highest BCUT2D eigenvalue weighted by Crippen LogP contribution is 2.43. The van der Waals surface area contributed by atoms with Gasteiger partial charge in [-0.15, -0.1) is 0 Å². The normalized spacial score (nSPS) is 21.5. The lowest BCUT2D eigenvalue weighted by Crippen LogP contribution is -2.17. The van der Waals surface area contributed by atoms with Gasteiger partial charge < -0.3 is 20.1 Å². The first-order valence-electron chi connectivity index (χ1n) is 7.61. The van der Waals surface area contributed by atoms with Crippen LogP contribution in [0.2, 0.25) is 0 Å². The highest BCUT2D eigenvalue weighted by atomic mass is 16.5. The Balaban J connectivity index is 1.84. The van der Waals surface area contributed by atoms with E-state index in [0.29, 0.717) is 11.5 Å². The summed E-state index contributed by atoms with van der Waals surface area (Å²) in [5.41, 5.74) is 0.847. The number of aromatic hydroxyl groups is 2. The SMILES string of the molecule is Oc1ccccc1Oc1cccc(C2CCC(O)CC2)c1O. The van der Waals surface area contributed by atoms with Gasteiger partial charge in [0.1, 0.15) is 0 Å². The van der Waals surface area contributed by atoms with E-state index in [9.17, 15) is 15.3 Å². The summed E-state index contributed by atoms with van der Waals surface area (Å²) in [6, 6.07) is 12.1. The monoisotopic (exact) mass is 300 g/mol. The maximum Gasteiger partial charge on any atom is 0.169 e. The molecule has 0 spiro atoms. The smallest absolute Gasteiger partial charge is 0.169 e. The fourth-order valence-electron chi connectivity index (χ4n) is 3.00. The molecule has 0 saturated heterocycles. The first kappa shape index (κ1) is 14.7. The molecule has 0 radical (unpaired) electrons. The molecular formula is C18H20O4. The van der Waals surface area contributed by atoms with E-state index >= 15 is 0 Å². The molecule has 2 aromatic carbocycles. The van der Waals surface area contributed by atoms with Crippen LogP contribution >= 0.6 is 0 Å². The number of ether oxygens (including phenoxy) is 1. The summed E-state index contributed by atoms with van der Waals surface area (Å²) in [6.45, 7) is 0. The van der Waals surface area contributed by atoms with E-state index in [1.165, 1.54) is 0 Å². The van der Waals surface area contributed by atoms with E-state index in [2.05, 4.69) is 0 Å². The Morgan fingerprint density at radius 1 is 0.818 bits per heavy atom. The number of phenolic OH excluding ortho intramolecular Hbond substituents is 2. The predicted molar refractivity (Wildman–Crippen MR) is 83.5 cm³/mol. The maximum absolute atomic E-state index is 10.5. The number of aliphatic hydroxyl groups is 1. The average molecular weight is 300 g/mol. The summed E-state index contributed by atoms with van der Waals surface area (Å²) in [6.07, 6.45) is 3.01. The van der Waals surface area contributed by atoms with Gasteiger partial charge in [-0.1, -0.05) is 24.3 Å². The van der Waals surface area contributed by atoms with Gasteiger partial charge in [-0.05, 0) is 49.8 Å². The van der Waals surface area contributed by atoms with Gasteiger partial charge in [0.15, 0.2) is 23.0 Å². The standard InChI is InChI=1S/C18H20O4/c19-13-10-8-12(9-11-13)14-4-3-7-17(18(14)21)22-16-6-2-1-5-15(16)20/h1-7,12-13,19-21H,8-11H2. The van der Waals surface area contributed by atoms with Crippen LogP contribution < -0.4 is 4.74 Å². The van der Waals surface area contributed by atoms with E-state index in [1.807, 2.05) is 12.1 Å². The second-order valence-corrected chi connectivity index (χ2v) is 5.77. The number of para-hydroxylation sites is 3. The van der Waals surface area contributed by atoms with Crippen LogP contribution in [0.25, 0.3) is 0 Å². The van der Waals surface area contributed by atoms with Crippen LogP contribution in [0.1, 0.15) is 37.2 Å². The molecule has 1 aliphatic carbocycles. The number of aliphatic hydroxyl groups excluding tert-OH is 1. The third kappa shape index (κ3) is 3.02. The molecule has 1 fully saturated rings. The molecular weight excluding hydrogens is 280 g/mol. The Kier molecular flexibility index (Phi) is 4.20. The van der Waals surface area contributed by atoms with Gasteiger partial charge in [0.25, 0.3) is 0 Å². The molecule has 0 bridgehead atoms. The zero-order chi connectivity index (χ0) is 15.5. The van der Waals surface area contributed by atoms with Crippen molar-refractivity contribution < 1.29 is 20.1 Å². The third-order valence-corrected chi connectivity index (χ3v) is 4.25. The molecule has 22 heavy (non-hydrogen) atoms. The molecule has 2 aromatic rings. The van der Waals surface area contributed by atoms with Crippen LogP contribution in [0.15, 0.2) is 42.5 Å². The van der Waals surface area contributed by atoms with Gasteiger partial charge in [-0.3, -0.25) is 0 Å². The average Bonchev–Trinajstić information content (AvgIpc) is 2.52. The molecule has 3 rings (SSSR count). The quantitative estimate of drug-likeness (QED) is 0.804. The number of benzene rings is 2. The first-order valence-corrected chi connectivity index (χ1v) is 7.61. The predicted octanol–water partition coefficient (Wildman–Crippen LogP) is 3.91. The van der Waals surface area contributed by atoms with Crippen molar-refractivity contribution in [2.75, 3.05) is 0 Å². The van der Waals surface area contributed by atoms with Crippen molar-refractivity contribution in [1.82, 2.24) is 0 Å². The molecule has 116 valence electrons. The molecule has 0 aromatic heterocycles. The van der Waals surface area contributed by atoms with Crippen molar-refractivity contribution >= 4 is 0 Å². The third-order valence-electron chi connectivity index (χ3n) is 4.25. The molecule has 4 nitrogen and oxygen atoms in total. The fraction of sp³-hybridized carbons (Fsp3) is 0.333. The van der Waals surface area contributed by atoms with Crippen molar-refractivity contribution in [3.63, 3.8) is 0 Å². The molecule has 1 saturated carbocycles. The molecule has 0 amide bonds. The summed E-state index contributed by atoms with van der Waals surface area (Å²) >= 11 is 0. The van der Waals surface area contributed by atoms with Gasteiger partial charge in [0.2, 0.25) is 0 Å². The number of hydrogen-bond acceptors (Lipinski definition) is 4. The molecule has 0 atom stereocenters. The second-order valence-electron chi connectivity index (χ2n) is 5.77. The van der Waals surface area contributed by atoms with Crippen molar-refractivity contribution in [3.8, 4) is 23.0 Å². The second kappa shape index (κ2) is 6.28. The van der Waals surface area contributed by atoms with Crippen LogP contribution in [-0.2, 0) is 0 Å². The Bertz CT molecular complexity index is 645. The molecule has 0 aliphatic heterocycles. The lowest BCUT2D eigenvalue weighted by molar-refractivity contribution is 0.122. The lowest BCUT2D eigenvalue weighted by atomic mass is 9.82. The molecule has 1 aliphatic rings. The summed E-state index contributed by atoms with van der Waals surface area (Å²) < 4.78 is 5.64. The minimum absolute atomic E-state index is 0.0353. The summed E-state index contributed by atoms with van der Waals surface area (Å²) in [4.78, 5) is 0. The number of rotatable bonds is 3. The van der Waals surface area contributed by atoms with E-state index in [0.717, 1.165) is 31.2 Å². The van der Waals surface area contributed by atoms with Crippen LogP contribution in [0.5, 0.6) is 23.0 Å². The Morgan fingerprint density at radius 3 is 2.23 bits per heavy atom. The van der Waals surface area contributed by atoms with E-state index < -0.39 is 0 Å². The van der Waals surface area contributed by atoms with Crippen LogP contribution in [0, 0.1) is 0 Å². The maximum atomic E-state index is 10.5. The van der Waals surface area contributed by atoms with Gasteiger partial charge >= 0.3 is 0 Å². The van der Waals surface area contributed by atoms with Gasteiger partial charge in [-0.25, -0.2) is 0 Å². The Morgan fingerprint density at radius 2 is 1.50 bits per heavy atom. The van der Waals surface area contributed by atoms with Crippen LogP contribution in [-0.4, -0.2) is 21.4 Å².